The molecule has 1 aromatic rings. The Balaban J connectivity index is 2.06. The number of esters is 2. The van der Waals surface area contributed by atoms with Gasteiger partial charge in [0.15, 0.2) is 0 Å². The largest absolute Gasteiger partial charge is 0.462 e. The van der Waals surface area contributed by atoms with Gasteiger partial charge in [0.1, 0.15) is 0 Å². The number of hydrogen-bond donors (Lipinski definition) is 0. The molecule has 0 spiro atoms. The number of hydrogen-bond acceptors (Lipinski definition) is 6. The first-order valence-corrected chi connectivity index (χ1v) is 20.3. The molecule has 0 saturated carbocycles. The average molecular weight is 673 g/mol. The highest BCUT2D eigenvalue weighted by atomic mass is 16.5. The molecule has 0 bridgehead atoms. The Hall–Kier alpha value is -1.92. The van der Waals surface area contributed by atoms with Gasteiger partial charge in [0, 0.05) is 0 Å². The molecule has 0 heterocycles. The first kappa shape index (κ1) is 44.1. The van der Waals surface area contributed by atoms with Crippen LogP contribution < -0.4 is 0 Å². The maximum Gasteiger partial charge on any atom is 0.338 e. The van der Waals surface area contributed by atoms with Gasteiger partial charge in [0.2, 0.25) is 0 Å². The third-order valence-electron chi connectivity index (χ3n) is 9.46. The Labute approximate surface area is 297 Å². The summed E-state index contributed by atoms with van der Waals surface area (Å²) < 4.78 is 11.0. The summed E-state index contributed by atoms with van der Waals surface area (Å²) in [6, 6.07) is 6.71. The molecule has 0 atom stereocenters. The molecule has 0 fully saturated rings. The Morgan fingerprint density at radius 3 is 1.08 bits per heavy atom. The van der Waals surface area contributed by atoms with Crippen LogP contribution in [0.1, 0.15) is 189 Å². The van der Waals surface area contributed by atoms with Crippen LogP contribution in [0.4, 0.5) is 0 Å². The molecule has 6 nitrogen and oxygen atoms in total. The van der Waals surface area contributed by atoms with Crippen molar-refractivity contribution >= 4 is 11.9 Å². The van der Waals surface area contributed by atoms with Crippen LogP contribution in [0.15, 0.2) is 24.3 Å². The molecule has 0 amide bonds. The van der Waals surface area contributed by atoms with Crippen molar-refractivity contribution in [3.63, 3.8) is 0 Å². The van der Waals surface area contributed by atoms with Gasteiger partial charge >= 0.3 is 11.9 Å². The maximum absolute atomic E-state index is 12.6. The molecule has 0 aliphatic heterocycles. The first-order valence-electron chi connectivity index (χ1n) is 20.3. The van der Waals surface area contributed by atoms with E-state index in [9.17, 15) is 9.59 Å². The summed E-state index contributed by atoms with van der Waals surface area (Å²) in [6.45, 7) is 9.65. The molecule has 0 saturated heterocycles. The molecule has 0 aliphatic rings. The lowest BCUT2D eigenvalue weighted by atomic mass is 10.1. The number of carbonyl (C=O) groups is 2. The molecule has 1 aromatic carbocycles. The summed E-state index contributed by atoms with van der Waals surface area (Å²) in [7, 11) is 4.37. The number of benzene rings is 1. The fourth-order valence-corrected chi connectivity index (χ4v) is 6.20. The van der Waals surface area contributed by atoms with Gasteiger partial charge in [-0.2, -0.15) is 0 Å². The summed E-state index contributed by atoms with van der Waals surface area (Å²) in [5.74, 6) is -0.761. The van der Waals surface area contributed by atoms with E-state index in [0.29, 0.717) is 24.3 Å². The predicted octanol–water partition coefficient (Wildman–Crippen LogP) is 11.3. The van der Waals surface area contributed by atoms with Gasteiger partial charge in [-0.1, -0.05) is 135 Å². The second kappa shape index (κ2) is 32.3. The van der Waals surface area contributed by atoms with E-state index in [0.717, 1.165) is 51.9 Å². The van der Waals surface area contributed by atoms with Gasteiger partial charge in [-0.3, -0.25) is 0 Å². The lowest BCUT2D eigenvalue weighted by Crippen LogP contribution is -2.21. The van der Waals surface area contributed by atoms with E-state index in [2.05, 4.69) is 37.7 Å². The predicted molar refractivity (Wildman–Crippen MR) is 204 cm³/mol. The molecule has 0 aliphatic carbocycles. The smallest absolute Gasteiger partial charge is 0.338 e. The fraction of sp³-hybridized carbons (Fsp3) is 0.810. The third kappa shape index (κ3) is 26.0. The number of nitrogens with zero attached hydrogens (tertiary/aromatic N) is 2. The standard InChI is InChI=1S/C42H76N2O4/c1-5-7-9-11-13-15-17-19-21-23-32-43(3)34-25-27-36-47-41(45)39-30-29-31-40(38-39)42(46)48-37-28-26-35-44(4)33-24-22-20-18-16-14-12-10-8-6-2/h29-31,38H,5-28,32-37H2,1-4H3. The van der Waals surface area contributed by atoms with Gasteiger partial charge < -0.3 is 19.3 Å². The Kier molecular flexibility index (Phi) is 29.7. The number of unbranched alkanes of at least 4 members (excludes halogenated alkanes) is 20. The summed E-state index contributed by atoms with van der Waals surface area (Å²) in [4.78, 5) is 30.0. The topological polar surface area (TPSA) is 59.1 Å². The Bertz CT molecular complexity index is 825. The molecule has 48 heavy (non-hydrogen) atoms. The molecular formula is C42H76N2O4. The monoisotopic (exact) mass is 673 g/mol. The minimum absolute atomic E-state index is 0.381. The van der Waals surface area contributed by atoms with Crippen LogP contribution in [0.2, 0.25) is 0 Å². The van der Waals surface area contributed by atoms with E-state index in [1.54, 1.807) is 24.3 Å². The van der Waals surface area contributed by atoms with Crippen LogP contribution in [0, 0.1) is 0 Å². The third-order valence-corrected chi connectivity index (χ3v) is 9.46. The van der Waals surface area contributed by atoms with Crippen LogP contribution in [-0.2, 0) is 9.47 Å². The highest BCUT2D eigenvalue weighted by molar-refractivity contribution is 5.95. The summed E-state index contributed by atoms with van der Waals surface area (Å²) in [6.07, 6.45) is 31.0. The number of ether oxygens (including phenoxy) is 2. The highest BCUT2D eigenvalue weighted by Gasteiger charge is 2.13. The lowest BCUT2D eigenvalue weighted by molar-refractivity contribution is 0.0494. The van der Waals surface area contributed by atoms with E-state index < -0.39 is 0 Å². The SMILES string of the molecule is CCCCCCCCCCCCN(C)CCCCOC(=O)c1cccc(C(=O)OCCCCN(C)CCCCCCCCCCCC)c1. The summed E-state index contributed by atoms with van der Waals surface area (Å²) in [5, 5.41) is 0. The summed E-state index contributed by atoms with van der Waals surface area (Å²) >= 11 is 0. The normalized spacial score (nSPS) is 11.5. The molecule has 0 unspecified atom stereocenters. The maximum atomic E-state index is 12.6. The molecule has 0 radical (unpaired) electrons. The molecule has 278 valence electrons. The van der Waals surface area contributed by atoms with Crippen molar-refractivity contribution in [1.82, 2.24) is 9.80 Å². The van der Waals surface area contributed by atoms with Crippen molar-refractivity contribution in [2.75, 3.05) is 53.5 Å². The van der Waals surface area contributed by atoms with Crippen LogP contribution in [0.3, 0.4) is 0 Å². The summed E-state index contributed by atoms with van der Waals surface area (Å²) in [5.41, 5.74) is 0.798. The van der Waals surface area contributed by atoms with Gasteiger partial charge in [-0.15, -0.1) is 0 Å². The second-order valence-electron chi connectivity index (χ2n) is 14.2. The van der Waals surface area contributed by atoms with E-state index in [1.165, 1.54) is 128 Å². The minimum atomic E-state index is -0.381. The highest BCUT2D eigenvalue weighted by Crippen LogP contribution is 2.13. The lowest BCUT2D eigenvalue weighted by Gasteiger charge is -2.16. The van der Waals surface area contributed by atoms with E-state index >= 15 is 0 Å². The number of carbonyl (C=O) groups excluding carboxylic acids is 2. The van der Waals surface area contributed by atoms with Gasteiger partial charge in [-0.25, -0.2) is 9.59 Å². The van der Waals surface area contributed by atoms with Gasteiger partial charge in [0.05, 0.1) is 24.3 Å². The Morgan fingerprint density at radius 1 is 0.458 bits per heavy atom. The molecule has 0 aromatic heterocycles. The minimum Gasteiger partial charge on any atom is -0.462 e. The van der Waals surface area contributed by atoms with Crippen LogP contribution in [0.25, 0.3) is 0 Å². The van der Waals surface area contributed by atoms with Crippen molar-refractivity contribution in [3.8, 4) is 0 Å². The van der Waals surface area contributed by atoms with E-state index in [4.69, 9.17) is 9.47 Å². The van der Waals surface area contributed by atoms with Gasteiger partial charge in [0.25, 0.3) is 0 Å². The van der Waals surface area contributed by atoms with Crippen LogP contribution in [0.5, 0.6) is 0 Å². The molecular weight excluding hydrogens is 596 g/mol. The van der Waals surface area contributed by atoms with Crippen molar-refractivity contribution in [1.29, 1.82) is 0 Å². The zero-order valence-electron chi connectivity index (χ0n) is 32.1. The molecule has 6 heteroatoms. The Morgan fingerprint density at radius 2 is 0.750 bits per heavy atom. The van der Waals surface area contributed by atoms with E-state index in [1.807, 2.05) is 0 Å². The molecule has 0 N–H and O–H groups in total. The second-order valence-corrected chi connectivity index (χ2v) is 14.2. The van der Waals surface area contributed by atoms with Crippen LogP contribution in [-0.4, -0.2) is 75.2 Å². The van der Waals surface area contributed by atoms with Crippen LogP contribution >= 0.6 is 0 Å². The van der Waals surface area contributed by atoms with Crippen molar-refractivity contribution in [2.45, 2.75) is 168 Å². The zero-order valence-corrected chi connectivity index (χ0v) is 32.1. The fourth-order valence-electron chi connectivity index (χ4n) is 6.20. The zero-order chi connectivity index (χ0) is 34.9. The van der Waals surface area contributed by atoms with Crippen molar-refractivity contribution in [3.05, 3.63) is 35.4 Å². The average Bonchev–Trinajstić information content (AvgIpc) is 3.09. The van der Waals surface area contributed by atoms with Gasteiger partial charge in [-0.05, 0) is 97.0 Å². The van der Waals surface area contributed by atoms with Crippen molar-refractivity contribution in [2.24, 2.45) is 0 Å². The quantitative estimate of drug-likeness (QED) is 0.0536. The number of rotatable bonds is 34. The first-order chi connectivity index (χ1) is 23.5. The van der Waals surface area contributed by atoms with E-state index in [-0.39, 0.29) is 11.9 Å². The van der Waals surface area contributed by atoms with Crippen molar-refractivity contribution < 1.29 is 19.1 Å². The molecule has 1 rings (SSSR count).